The predicted molar refractivity (Wildman–Crippen MR) is 285 cm³/mol. The molecule has 68 heavy (non-hydrogen) atoms. The molecule has 0 saturated heterocycles. The van der Waals surface area contributed by atoms with Crippen LogP contribution in [0.15, 0.2) is 243 Å². The van der Waals surface area contributed by atoms with E-state index in [1.165, 1.54) is 49.7 Å². The normalized spacial score (nSPS) is 12.5. The summed E-state index contributed by atoms with van der Waals surface area (Å²) in [6.07, 6.45) is 0. The van der Waals surface area contributed by atoms with Gasteiger partial charge in [-0.1, -0.05) is 147 Å². The van der Waals surface area contributed by atoms with E-state index in [0.717, 1.165) is 62.2 Å². The van der Waals surface area contributed by atoms with Crippen LogP contribution in [-0.2, 0) is 5.41 Å². The first-order valence-electron chi connectivity index (χ1n) is 23.4. The molecule has 0 saturated carbocycles. The molecule has 0 amide bonds. The Kier molecular flexibility index (Phi) is 10.0. The van der Waals surface area contributed by atoms with Gasteiger partial charge in [0, 0.05) is 56.0 Å². The fourth-order valence-electron chi connectivity index (χ4n) is 10.5. The van der Waals surface area contributed by atoms with Crippen molar-refractivity contribution in [1.82, 2.24) is 4.57 Å². The number of para-hydroxylation sites is 3. The van der Waals surface area contributed by atoms with E-state index in [1.807, 2.05) is 12.1 Å². The molecule has 0 N–H and O–H groups in total. The summed E-state index contributed by atoms with van der Waals surface area (Å²) < 4.78 is 8.04. The molecule has 1 aromatic heterocycles. The second kappa shape index (κ2) is 16.7. The second-order valence-corrected chi connectivity index (χ2v) is 18.2. The van der Waals surface area contributed by atoms with Crippen LogP contribution in [0.2, 0.25) is 0 Å². The number of hydrogen-bond acceptors (Lipinski definition) is 3. The number of methoxy groups -OCH3 is 1. The first-order chi connectivity index (χ1) is 33.4. The first-order valence-corrected chi connectivity index (χ1v) is 23.4. The molecule has 10 aromatic carbocycles. The fourth-order valence-corrected chi connectivity index (χ4v) is 10.5. The second-order valence-electron chi connectivity index (χ2n) is 18.2. The van der Waals surface area contributed by atoms with Crippen molar-refractivity contribution in [2.75, 3.05) is 16.9 Å². The molecular formula is C64H49N3O. The van der Waals surface area contributed by atoms with Gasteiger partial charge in [0.05, 0.1) is 18.1 Å². The van der Waals surface area contributed by atoms with E-state index in [-0.39, 0.29) is 5.41 Å². The lowest BCUT2D eigenvalue weighted by atomic mass is 9.82. The van der Waals surface area contributed by atoms with Crippen LogP contribution >= 0.6 is 0 Å². The average molecular weight is 876 g/mol. The van der Waals surface area contributed by atoms with Crippen molar-refractivity contribution in [3.63, 3.8) is 0 Å². The van der Waals surface area contributed by atoms with Crippen LogP contribution < -0.4 is 14.5 Å². The zero-order chi connectivity index (χ0) is 45.8. The molecule has 1 aliphatic rings. The maximum absolute atomic E-state index is 5.64. The topological polar surface area (TPSA) is 20.6 Å². The van der Waals surface area contributed by atoms with Crippen LogP contribution in [0.3, 0.4) is 0 Å². The molecule has 0 radical (unpaired) electrons. The number of aromatic nitrogens is 1. The van der Waals surface area contributed by atoms with Gasteiger partial charge in [-0.25, -0.2) is 0 Å². The third kappa shape index (κ3) is 7.01. The molecule has 4 heteroatoms. The number of anilines is 6. The summed E-state index contributed by atoms with van der Waals surface area (Å²) in [6.45, 7) is 4.71. The molecular weight excluding hydrogens is 827 g/mol. The van der Waals surface area contributed by atoms with Gasteiger partial charge in [0.25, 0.3) is 0 Å². The maximum Gasteiger partial charge on any atom is 0.119 e. The van der Waals surface area contributed by atoms with Gasteiger partial charge in [0.15, 0.2) is 0 Å². The van der Waals surface area contributed by atoms with Gasteiger partial charge < -0.3 is 19.1 Å². The fraction of sp³-hybridized carbons (Fsp3) is 0.0625. The smallest absolute Gasteiger partial charge is 0.119 e. The van der Waals surface area contributed by atoms with Gasteiger partial charge in [-0.15, -0.1) is 0 Å². The summed E-state index contributed by atoms with van der Waals surface area (Å²) in [5.74, 6) is 0.813. The Morgan fingerprint density at radius 3 is 1.57 bits per heavy atom. The van der Waals surface area contributed by atoms with Gasteiger partial charge in [-0.3, -0.25) is 0 Å². The molecule has 0 unspecified atom stereocenters. The van der Waals surface area contributed by atoms with Crippen molar-refractivity contribution in [1.29, 1.82) is 0 Å². The van der Waals surface area contributed by atoms with Crippen molar-refractivity contribution in [2.24, 2.45) is 0 Å². The molecule has 0 spiro atoms. The monoisotopic (exact) mass is 875 g/mol. The van der Waals surface area contributed by atoms with Gasteiger partial charge in [-0.05, 0) is 154 Å². The number of rotatable bonds is 10. The Labute approximate surface area is 398 Å². The third-order valence-corrected chi connectivity index (χ3v) is 13.8. The molecule has 0 aliphatic heterocycles. The summed E-state index contributed by atoms with van der Waals surface area (Å²) in [5.41, 5.74) is 19.6. The molecule has 326 valence electrons. The summed E-state index contributed by atoms with van der Waals surface area (Å²) in [4.78, 5) is 4.77. The molecule has 12 rings (SSSR count). The van der Waals surface area contributed by atoms with Crippen LogP contribution in [-0.4, -0.2) is 11.7 Å². The Bertz CT molecular complexity index is 3620. The summed E-state index contributed by atoms with van der Waals surface area (Å²) in [6, 6.07) is 88.0. The highest BCUT2D eigenvalue weighted by atomic mass is 16.5. The average Bonchev–Trinajstić information content (AvgIpc) is 3.85. The Balaban J connectivity index is 1.07. The zero-order valence-corrected chi connectivity index (χ0v) is 38.3. The van der Waals surface area contributed by atoms with Crippen molar-refractivity contribution < 1.29 is 4.74 Å². The standard InChI is InChI=1S/C64H49N3O/c1-64(2)60-25-15-13-23-56(60)57-37-34-52(43-61(57)64)66(49-21-11-6-12-22-49)54-40-47(39-53(42-54)65(48-19-9-5-10-20-48)50-32-35-55(68-3)36-33-50)46-29-38-63-59(41-46)58-24-14-16-26-62(58)67(63)51-30-27-45(28-31-51)44-17-7-4-8-18-44/h4-43H,1-3H3. The maximum atomic E-state index is 5.64. The van der Waals surface area contributed by atoms with Crippen molar-refractivity contribution in [2.45, 2.75) is 19.3 Å². The molecule has 0 bridgehead atoms. The highest BCUT2D eigenvalue weighted by Gasteiger charge is 2.36. The zero-order valence-electron chi connectivity index (χ0n) is 38.3. The van der Waals surface area contributed by atoms with Crippen molar-refractivity contribution >= 4 is 55.9 Å². The van der Waals surface area contributed by atoms with Gasteiger partial charge in [0.1, 0.15) is 5.75 Å². The van der Waals surface area contributed by atoms with Crippen LogP contribution in [0.1, 0.15) is 25.0 Å². The van der Waals surface area contributed by atoms with E-state index in [4.69, 9.17) is 4.74 Å². The molecule has 0 fully saturated rings. The number of nitrogens with zero attached hydrogens (tertiary/aromatic N) is 3. The number of benzene rings is 10. The Morgan fingerprint density at radius 2 is 0.882 bits per heavy atom. The SMILES string of the molecule is COc1ccc(N(c2ccccc2)c2cc(-c3ccc4c(c3)c3ccccc3n4-c3ccc(-c4ccccc4)cc3)cc(N(c3ccccc3)c3ccc4c(c3)C(C)(C)c3ccccc3-4)c2)cc1. The molecule has 4 nitrogen and oxygen atoms in total. The van der Waals surface area contributed by atoms with Gasteiger partial charge in [-0.2, -0.15) is 0 Å². The first kappa shape index (κ1) is 40.9. The van der Waals surface area contributed by atoms with Crippen LogP contribution in [0, 0.1) is 0 Å². The summed E-state index contributed by atoms with van der Waals surface area (Å²) in [5, 5.41) is 2.41. The van der Waals surface area contributed by atoms with Crippen LogP contribution in [0.5, 0.6) is 5.75 Å². The van der Waals surface area contributed by atoms with Crippen molar-refractivity contribution in [3.8, 4) is 44.8 Å². The molecule has 0 atom stereocenters. The van der Waals surface area contributed by atoms with E-state index in [2.05, 4.69) is 259 Å². The quantitative estimate of drug-likeness (QED) is 0.137. The number of fused-ring (bicyclic) bond motifs is 6. The Hall–Kier alpha value is -8.60. The minimum atomic E-state index is -0.158. The van der Waals surface area contributed by atoms with E-state index in [1.54, 1.807) is 7.11 Å². The van der Waals surface area contributed by atoms with Crippen LogP contribution in [0.25, 0.3) is 60.9 Å². The molecule has 1 heterocycles. The highest BCUT2D eigenvalue weighted by Crippen LogP contribution is 2.51. The lowest BCUT2D eigenvalue weighted by Gasteiger charge is -2.31. The Morgan fingerprint density at radius 1 is 0.353 bits per heavy atom. The van der Waals surface area contributed by atoms with E-state index < -0.39 is 0 Å². The molecule has 1 aliphatic carbocycles. The largest absolute Gasteiger partial charge is 0.497 e. The van der Waals surface area contributed by atoms with E-state index in [0.29, 0.717) is 0 Å². The minimum absolute atomic E-state index is 0.158. The molecule has 11 aromatic rings. The predicted octanol–water partition coefficient (Wildman–Crippen LogP) is 17.4. The summed E-state index contributed by atoms with van der Waals surface area (Å²) in [7, 11) is 1.71. The van der Waals surface area contributed by atoms with Crippen LogP contribution in [0.4, 0.5) is 34.1 Å². The van der Waals surface area contributed by atoms with Crippen molar-refractivity contribution in [3.05, 3.63) is 254 Å². The van der Waals surface area contributed by atoms with E-state index in [9.17, 15) is 0 Å². The number of ether oxygens (including phenoxy) is 1. The van der Waals surface area contributed by atoms with Gasteiger partial charge >= 0.3 is 0 Å². The lowest BCUT2D eigenvalue weighted by molar-refractivity contribution is 0.415. The minimum Gasteiger partial charge on any atom is -0.497 e. The number of hydrogen-bond donors (Lipinski definition) is 0. The summed E-state index contributed by atoms with van der Waals surface area (Å²) >= 11 is 0. The lowest BCUT2D eigenvalue weighted by Crippen LogP contribution is -2.17. The van der Waals surface area contributed by atoms with E-state index >= 15 is 0 Å². The van der Waals surface area contributed by atoms with Gasteiger partial charge in [0.2, 0.25) is 0 Å². The third-order valence-electron chi connectivity index (χ3n) is 13.8. The highest BCUT2D eigenvalue weighted by molar-refractivity contribution is 6.10.